The lowest BCUT2D eigenvalue weighted by molar-refractivity contribution is 0.0949. The number of hydrogen-bond acceptors (Lipinski definition) is 3. The average Bonchev–Trinajstić information content (AvgIpc) is 2.53. The molecular formula is C17H29N3O. The van der Waals surface area contributed by atoms with Crippen molar-refractivity contribution in [3.63, 3.8) is 0 Å². The summed E-state index contributed by atoms with van der Waals surface area (Å²) in [6.07, 6.45) is 0. The highest BCUT2D eigenvalue weighted by Crippen LogP contribution is 2.14. The Balaban J connectivity index is 2.51. The van der Waals surface area contributed by atoms with E-state index < -0.39 is 0 Å². The van der Waals surface area contributed by atoms with Crippen LogP contribution in [0.25, 0.3) is 0 Å². The third kappa shape index (κ3) is 5.38. The molecule has 1 N–H and O–H groups in total. The minimum absolute atomic E-state index is 0.00764. The summed E-state index contributed by atoms with van der Waals surface area (Å²) in [6, 6.07) is 7.85. The van der Waals surface area contributed by atoms with Crippen molar-refractivity contribution in [3.8, 4) is 0 Å². The molecule has 1 amide bonds. The SMILES string of the molecule is CCN(CC)CCNC(=O)c1ccc(N(CC)CC)cc1. The van der Waals surface area contributed by atoms with E-state index in [0.717, 1.165) is 38.3 Å². The number of rotatable bonds is 9. The maximum Gasteiger partial charge on any atom is 0.251 e. The maximum atomic E-state index is 12.1. The van der Waals surface area contributed by atoms with Crippen LogP contribution < -0.4 is 10.2 Å². The number of benzene rings is 1. The minimum atomic E-state index is 0.00764. The second kappa shape index (κ2) is 9.40. The first-order valence-corrected chi connectivity index (χ1v) is 8.01. The van der Waals surface area contributed by atoms with E-state index in [9.17, 15) is 4.79 Å². The third-order valence-electron chi connectivity index (χ3n) is 3.87. The monoisotopic (exact) mass is 291 g/mol. The Kier molecular flexibility index (Phi) is 7.83. The fourth-order valence-corrected chi connectivity index (χ4v) is 2.38. The van der Waals surface area contributed by atoms with Crippen LogP contribution in [0.1, 0.15) is 38.1 Å². The number of hydrogen-bond donors (Lipinski definition) is 1. The van der Waals surface area contributed by atoms with Gasteiger partial charge in [0.05, 0.1) is 0 Å². The predicted octanol–water partition coefficient (Wildman–Crippen LogP) is 2.60. The molecule has 0 aliphatic carbocycles. The molecule has 4 nitrogen and oxygen atoms in total. The second-order valence-corrected chi connectivity index (χ2v) is 5.00. The van der Waals surface area contributed by atoms with Crippen molar-refractivity contribution in [2.24, 2.45) is 0 Å². The number of carbonyl (C=O) groups excluding carboxylic acids is 1. The lowest BCUT2D eigenvalue weighted by atomic mass is 10.2. The summed E-state index contributed by atoms with van der Waals surface area (Å²) in [7, 11) is 0. The van der Waals surface area contributed by atoms with E-state index in [0.29, 0.717) is 6.54 Å². The Hall–Kier alpha value is -1.55. The number of anilines is 1. The molecule has 0 aliphatic heterocycles. The first kappa shape index (κ1) is 17.5. The number of nitrogens with one attached hydrogen (secondary N) is 1. The Bertz CT molecular complexity index is 409. The molecule has 118 valence electrons. The first-order valence-electron chi connectivity index (χ1n) is 8.01. The molecule has 0 atom stereocenters. The van der Waals surface area contributed by atoms with Crippen LogP contribution in [-0.4, -0.2) is 50.1 Å². The molecular weight excluding hydrogens is 262 g/mol. The highest BCUT2D eigenvalue weighted by Gasteiger charge is 2.07. The van der Waals surface area contributed by atoms with Gasteiger partial charge in [0.15, 0.2) is 0 Å². The van der Waals surface area contributed by atoms with Crippen molar-refractivity contribution in [1.82, 2.24) is 10.2 Å². The minimum Gasteiger partial charge on any atom is -0.372 e. The normalized spacial score (nSPS) is 10.7. The lowest BCUT2D eigenvalue weighted by Crippen LogP contribution is -2.34. The summed E-state index contributed by atoms with van der Waals surface area (Å²) >= 11 is 0. The van der Waals surface area contributed by atoms with Crippen molar-refractivity contribution in [2.75, 3.05) is 44.2 Å². The largest absolute Gasteiger partial charge is 0.372 e. The number of carbonyl (C=O) groups is 1. The molecule has 0 saturated heterocycles. The maximum absolute atomic E-state index is 12.1. The smallest absolute Gasteiger partial charge is 0.251 e. The van der Waals surface area contributed by atoms with E-state index >= 15 is 0 Å². The van der Waals surface area contributed by atoms with Gasteiger partial charge in [-0.2, -0.15) is 0 Å². The molecule has 0 radical (unpaired) electrons. The highest BCUT2D eigenvalue weighted by atomic mass is 16.1. The van der Waals surface area contributed by atoms with E-state index in [-0.39, 0.29) is 5.91 Å². The molecule has 1 aromatic carbocycles. The van der Waals surface area contributed by atoms with E-state index in [2.05, 4.69) is 42.8 Å². The zero-order valence-electron chi connectivity index (χ0n) is 13.9. The van der Waals surface area contributed by atoms with Crippen molar-refractivity contribution < 1.29 is 4.79 Å². The van der Waals surface area contributed by atoms with Gasteiger partial charge in [-0.15, -0.1) is 0 Å². The molecule has 0 spiro atoms. The first-order chi connectivity index (χ1) is 10.2. The Morgan fingerprint density at radius 1 is 0.952 bits per heavy atom. The molecule has 0 saturated carbocycles. The fourth-order valence-electron chi connectivity index (χ4n) is 2.38. The van der Waals surface area contributed by atoms with Crippen LogP contribution >= 0.6 is 0 Å². The van der Waals surface area contributed by atoms with Gasteiger partial charge in [-0.3, -0.25) is 4.79 Å². The Morgan fingerprint density at radius 2 is 1.52 bits per heavy atom. The molecule has 0 aromatic heterocycles. The lowest BCUT2D eigenvalue weighted by Gasteiger charge is -2.21. The molecule has 0 heterocycles. The topological polar surface area (TPSA) is 35.6 Å². The van der Waals surface area contributed by atoms with E-state index in [4.69, 9.17) is 0 Å². The predicted molar refractivity (Wildman–Crippen MR) is 90.1 cm³/mol. The van der Waals surface area contributed by atoms with Crippen molar-refractivity contribution in [1.29, 1.82) is 0 Å². The molecule has 0 bridgehead atoms. The number of nitrogens with zero attached hydrogens (tertiary/aromatic N) is 2. The van der Waals surface area contributed by atoms with Crippen LogP contribution in [0, 0.1) is 0 Å². The van der Waals surface area contributed by atoms with Crippen molar-refractivity contribution >= 4 is 11.6 Å². The van der Waals surface area contributed by atoms with Crippen LogP contribution in [0.4, 0.5) is 5.69 Å². The van der Waals surface area contributed by atoms with Gasteiger partial charge in [0.2, 0.25) is 0 Å². The van der Waals surface area contributed by atoms with Crippen LogP contribution in [-0.2, 0) is 0 Å². The summed E-state index contributed by atoms with van der Waals surface area (Å²) in [5.41, 5.74) is 1.89. The van der Waals surface area contributed by atoms with Crippen LogP contribution in [0.15, 0.2) is 24.3 Å². The van der Waals surface area contributed by atoms with Gasteiger partial charge in [-0.05, 0) is 51.2 Å². The van der Waals surface area contributed by atoms with Gasteiger partial charge in [0, 0.05) is 37.4 Å². The third-order valence-corrected chi connectivity index (χ3v) is 3.87. The molecule has 4 heteroatoms. The van der Waals surface area contributed by atoms with Gasteiger partial charge < -0.3 is 15.1 Å². The summed E-state index contributed by atoms with van der Waals surface area (Å²) in [5.74, 6) is 0.00764. The quantitative estimate of drug-likeness (QED) is 0.759. The van der Waals surface area contributed by atoms with Gasteiger partial charge in [-0.25, -0.2) is 0 Å². The van der Waals surface area contributed by atoms with Crippen molar-refractivity contribution in [3.05, 3.63) is 29.8 Å². The van der Waals surface area contributed by atoms with Gasteiger partial charge >= 0.3 is 0 Å². The molecule has 21 heavy (non-hydrogen) atoms. The number of amides is 1. The molecule has 0 fully saturated rings. The standard InChI is InChI=1S/C17H29N3O/c1-5-19(6-2)14-13-18-17(21)15-9-11-16(12-10-15)20(7-3)8-4/h9-12H,5-8,13-14H2,1-4H3,(H,18,21). The van der Waals surface area contributed by atoms with Crippen LogP contribution in [0.3, 0.4) is 0 Å². The molecule has 0 unspecified atom stereocenters. The molecule has 1 rings (SSSR count). The number of likely N-dealkylation sites (N-methyl/N-ethyl adjacent to an activating group) is 1. The fraction of sp³-hybridized carbons (Fsp3) is 0.588. The summed E-state index contributed by atoms with van der Waals surface area (Å²) < 4.78 is 0. The van der Waals surface area contributed by atoms with Crippen molar-refractivity contribution in [2.45, 2.75) is 27.7 Å². The average molecular weight is 291 g/mol. The van der Waals surface area contributed by atoms with Gasteiger partial charge in [-0.1, -0.05) is 13.8 Å². The zero-order chi connectivity index (χ0) is 15.7. The molecule has 0 aliphatic rings. The summed E-state index contributed by atoms with van der Waals surface area (Å²) in [4.78, 5) is 16.6. The van der Waals surface area contributed by atoms with E-state index in [1.54, 1.807) is 0 Å². The van der Waals surface area contributed by atoms with Crippen LogP contribution in [0.2, 0.25) is 0 Å². The summed E-state index contributed by atoms with van der Waals surface area (Å²) in [5, 5.41) is 2.98. The molecule has 1 aromatic rings. The van der Waals surface area contributed by atoms with Gasteiger partial charge in [0.1, 0.15) is 0 Å². The Morgan fingerprint density at radius 3 is 2.00 bits per heavy atom. The second-order valence-electron chi connectivity index (χ2n) is 5.00. The Labute approximate surface area is 129 Å². The highest BCUT2D eigenvalue weighted by molar-refractivity contribution is 5.94. The van der Waals surface area contributed by atoms with Gasteiger partial charge in [0.25, 0.3) is 5.91 Å². The van der Waals surface area contributed by atoms with Crippen LogP contribution in [0.5, 0.6) is 0 Å². The van der Waals surface area contributed by atoms with E-state index in [1.807, 2.05) is 24.3 Å². The summed E-state index contributed by atoms with van der Waals surface area (Å²) in [6.45, 7) is 14.1. The zero-order valence-corrected chi connectivity index (χ0v) is 13.9. The van der Waals surface area contributed by atoms with E-state index in [1.165, 1.54) is 5.69 Å².